The minimum absolute atomic E-state index is 0.900. The normalized spacial score (nSPS) is 8.92. The maximum atomic E-state index is 5.79. The third-order valence-corrected chi connectivity index (χ3v) is 2.67. The van der Waals surface area contributed by atoms with Gasteiger partial charge in [-0.25, -0.2) is 0 Å². The van der Waals surface area contributed by atoms with Crippen LogP contribution in [0.25, 0.3) is 0 Å². The summed E-state index contributed by atoms with van der Waals surface area (Å²) >= 11 is 1.80. The van der Waals surface area contributed by atoms with Crippen molar-refractivity contribution in [1.82, 2.24) is 0 Å². The van der Waals surface area contributed by atoms with Gasteiger partial charge in [-0.3, -0.25) is 0 Å². The van der Waals surface area contributed by atoms with Crippen LogP contribution in [0.2, 0.25) is 0 Å². The van der Waals surface area contributed by atoms with Crippen LogP contribution in [0.3, 0.4) is 0 Å². The Morgan fingerprint density at radius 2 is 1.92 bits per heavy atom. The molecule has 0 amide bonds. The molecule has 0 aliphatic rings. The van der Waals surface area contributed by atoms with Gasteiger partial charge in [-0.15, -0.1) is 11.8 Å². The van der Waals surface area contributed by atoms with Gasteiger partial charge in [0.25, 0.3) is 0 Å². The van der Waals surface area contributed by atoms with Gasteiger partial charge < -0.3 is 5.73 Å². The first-order valence-electron chi connectivity index (χ1n) is 4.73. The summed E-state index contributed by atoms with van der Waals surface area (Å²) in [5.41, 5.74) is 7.96. The molecule has 0 aliphatic heterocycles. The highest BCUT2D eigenvalue weighted by Gasteiger charge is 2.00. The Morgan fingerprint density at radius 1 is 1.31 bits per heavy atom. The maximum absolute atomic E-state index is 5.79. The Hall–Kier alpha value is -0.630. The summed E-state index contributed by atoms with van der Waals surface area (Å²) in [6.07, 6.45) is 0. The maximum Gasteiger partial charge on any atom is 0.0454 e. The van der Waals surface area contributed by atoms with Crippen molar-refractivity contribution in [2.45, 2.75) is 32.6 Å². The average molecular weight is 197 g/mol. The topological polar surface area (TPSA) is 26.0 Å². The fourth-order valence-electron chi connectivity index (χ4n) is 1.02. The number of nitrogen functional groups attached to an aromatic ring is 1. The molecule has 1 aromatic rings. The summed E-state index contributed by atoms with van der Waals surface area (Å²) in [6, 6.07) is 6.03. The van der Waals surface area contributed by atoms with Gasteiger partial charge in [0.15, 0.2) is 0 Å². The Labute approximate surface area is 85.7 Å². The molecule has 0 spiro atoms. The molecule has 0 aromatic heterocycles. The first kappa shape index (κ1) is 12.4. The quantitative estimate of drug-likeness (QED) is 0.577. The molecule has 0 aliphatic carbocycles. The zero-order valence-electron chi connectivity index (χ0n) is 8.92. The zero-order valence-corrected chi connectivity index (χ0v) is 9.74. The summed E-state index contributed by atoms with van der Waals surface area (Å²) < 4.78 is 0. The first-order valence-corrected chi connectivity index (χ1v) is 5.72. The number of thioether (sulfide) groups is 1. The lowest BCUT2D eigenvalue weighted by molar-refractivity contribution is 1.30. The molecule has 0 bridgehead atoms. The third-order valence-electron chi connectivity index (χ3n) is 1.53. The second-order valence-corrected chi connectivity index (χ2v) is 3.70. The molecule has 1 aromatic carbocycles. The van der Waals surface area contributed by atoms with Crippen LogP contribution in [0.5, 0.6) is 0 Å². The van der Waals surface area contributed by atoms with E-state index in [2.05, 4.69) is 19.9 Å². The molecule has 13 heavy (non-hydrogen) atoms. The number of rotatable bonds is 2. The fourth-order valence-corrected chi connectivity index (χ4v) is 1.84. The molecule has 0 saturated carbocycles. The highest BCUT2D eigenvalue weighted by Crippen LogP contribution is 2.27. The van der Waals surface area contributed by atoms with Gasteiger partial charge in [0.2, 0.25) is 0 Å². The van der Waals surface area contributed by atoms with E-state index in [-0.39, 0.29) is 0 Å². The van der Waals surface area contributed by atoms with Gasteiger partial charge in [-0.2, -0.15) is 0 Å². The van der Waals surface area contributed by atoms with Crippen molar-refractivity contribution in [1.29, 1.82) is 0 Å². The minimum Gasteiger partial charge on any atom is -0.398 e. The molecule has 0 fully saturated rings. The second kappa shape index (κ2) is 6.84. The van der Waals surface area contributed by atoms with Gasteiger partial charge in [-0.05, 0) is 24.3 Å². The van der Waals surface area contributed by atoms with E-state index in [1.807, 2.05) is 26.0 Å². The first-order chi connectivity index (χ1) is 6.25. The van der Waals surface area contributed by atoms with Crippen LogP contribution in [0.1, 0.15) is 26.3 Å². The van der Waals surface area contributed by atoms with Crippen LogP contribution < -0.4 is 5.73 Å². The Morgan fingerprint density at radius 3 is 2.38 bits per heavy atom. The predicted molar refractivity (Wildman–Crippen MR) is 63.3 cm³/mol. The number of hydrogen-bond acceptors (Lipinski definition) is 2. The van der Waals surface area contributed by atoms with E-state index in [0.717, 1.165) is 11.4 Å². The smallest absolute Gasteiger partial charge is 0.0454 e. The van der Waals surface area contributed by atoms with Crippen LogP contribution in [0.15, 0.2) is 23.1 Å². The molecule has 0 saturated heterocycles. The molecule has 0 atom stereocenters. The van der Waals surface area contributed by atoms with Crippen molar-refractivity contribution >= 4 is 17.4 Å². The van der Waals surface area contributed by atoms with Crippen molar-refractivity contribution in [2.24, 2.45) is 0 Å². The Kier molecular flexibility index (Phi) is 6.51. The van der Waals surface area contributed by atoms with Gasteiger partial charge in [0.1, 0.15) is 0 Å². The van der Waals surface area contributed by atoms with Crippen LogP contribution in [0, 0.1) is 6.92 Å². The van der Waals surface area contributed by atoms with Crippen molar-refractivity contribution in [3.8, 4) is 0 Å². The van der Waals surface area contributed by atoms with Crippen molar-refractivity contribution in [3.63, 3.8) is 0 Å². The minimum atomic E-state index is 0.900. The lowest BCUT2D eigenvalue weighted by atomic mass is 10.2. The molecule has 74 valence electrons. The van der Waals surface area contributed by atoms with Crippen LogP contribution >= 0.6 is 11.8 Å². The van der Waals surface area contributed by atoms with Gasteiger partial charge in [0.05, 0.1) is 0 Å². The molecule has 1 rings (SSSR count). The van der Waals surface area contributed by atoms with Gasteiger partial charge >= 0.3 is 0 Å². The van der Waals surface area contributed by atoms with Crippen LogP contribution in [-0.4, -0.2) is 5.75 Å². The summed E-state index contributed by atoms with van der Waals surface area (Å²) in [5, 5.41) is 0. The standard InChI is InChI=1S/C9H13NS.C2H6/c1-3-11-9-7(2)5-4-6-8(9)10;1-2/h4-6H,3,10H2,1-2H3;1-2H3. The van der Waals surface area contributed by atoms with Gasteiger partial charge in [-0.1, -0.05) is 32.9 Å². The molecular formula is C11H19NS. The fraction of sp³-hybridized carbons (Fsp3) is 0.455. The summed E-state index contributed by atoms with van der Waals surface area (Å²) in [4.78, 5) is 1.23. The summed E-state index contributed by atoms with van der Waals surface area (Å²) in [5.74, 6) is 1.08. The highest BCUT2D eigenvalue weighted by atomic mass is 32.2. The Balaban J connectivity index is 0.000000671. The van der Waals surface area contributed by atoms with Crippen LogP contribution in [0.4, 0.5) is 5.69 Å². The van der Waals surface area contributed by atoms with E-state index in [1.54, 1.807) is 11.8 Å². The van der Waals surface area contributed by atoms with E-state index in [0.29, 0.717) is 0 Å². The Bertz CT molecular complexity index is 226. The van der Waals surface area contributed by atoms with Crippen molar-refractivity contribution in [3.05, 3.63) is 23.8 Å². The van der Waals surface area contributed by atoms with E-state index < -0.39 is 0 Å². The van der Waals surface area contributed by atoms with Crippen LogP contribution in [-0.2, 0) is 0 Å². The second-order valence-electron chi connectivity index (χ2n) is 2.43. The third kappa shape index (κ3) is 3.73. The van der Waals surface area contributed by atoms with Crippen molar-refractivity contribution < 1.29 is 0 Å². The summed E-state index contributed by atoms with van der Waals surface area (Å²) in [6.45, 7) is 8.23. The molecular weight excluding hydrogens is 178 g/mol. The predicted octanol–water partition coefficient (Wildman–Crippen LogP) is 3.72. The number of benzene rings is 1. The SMILES string of the molecule is CC.CCSc1c(C)cccc1N. The lowest BCUT2D eigenvalue weighted by Gasteiger charge is -2.06. The van der Waals surface area contributed by atoms with E-state index >= 15 is 0 Å². The molecule has 0 radical (unpaired) electrons. The van der Waals surface area contributed by atoms with E-state index in [4.69, 9.17) is 5.73 Å². The largest absolute Gasteiger partial charge is 0.398 e. The molecule has 2 heteroatoms. The van der Waals surface area contributed by atoms with Gasteiger partial charge in [0, 0.05) is 10.6 Å². The molecule has 0 heterocycles. The number of nitrogens with two attached hydrogens (primary N) is 1. The summed E-state index contributed by atoms with van der Waals surface area (Å²) in [7, 11) is 0. The van der Waals surface area contributed by atoms with Crippen molar-refractivity contribution in [2.75, 3.05) is 11.5 Å². The molecule has 1 nitrogen and oxygen atoms in total. The molecule has 0 unspecified atom stereocenters. The van der Waals surface area contributed by atoms with E-state index in [9.17, 15) is 0 Å². The lowest BCUT2D eigenvalue weighted by Crippen LogP contribution is -1.90. The van der Waals surface area contributed by atoms with E-state index in [1.165, 1.54) is 10.5 Å². The molecule has 2 N–H and O–H groups in total. The zero-order chi connectivity index (χ0) is 10.3. The number of anilines is 1. The highest BCUT2D eigenvalue weighted by molar-refractivity contribution is 7.99. The number of hydrogen-bond donors (Lipinski definition) is 1. The monoisotopic (exact) mass is 197 g/mol. The average Bonchev–Trinajstić information content (AvgIpc) is 2.15. The number of aryl methyl sites for hydroxylation is 1.